The lowest BCUT2D eigenvalue weighted by molar-refractivity contribution is -0.146. The molecular weight excluding hydrogens is 256 g/mol. The highest BCUT2D eigenvalue weighted by atomic mass is 16.5. The first-order valence-electron chi connectivity index (χ1n) is 6.94. The number of benzene rings is 1. The van der Waals surface area contributed by atoms with Crippen LogP contribution in [0.1, 0.15) is 24.9 Å². The number of hydrogen-bond acceptors (Lipinski definition) is 3. The number of nitrogens with zero attached hydrogens (tertiary/aromatic N) is 1. The summed E-state index contributed by atoms with van der Waals surface area (Å²) < 4.78 is 5.43. The number of nitrogens with one attached hydrogen (secondary N) is 1. The summed E-state index contributed by atoms with van der Waals surface area (Å²) in [5.74, 6) is -0.204. The summed E-state index contributed by atoms with van der Waals surface area (Å²) in [6.07, 6.45) is 0.941. The fourth-order valence-corrected chi connectivity index (χ4v) is 2.28. The average Bonchev–Trinajstić information content (AvgIpc) is 2.48. The van der Waals surface area contributed by atoms with Gasteiger partial charge in [0.15, 0.2) is 0 Å². The molecule has 0 bridgehead atoms. The van der Waals surface area contributed by atoms with E-state index in [-0.39, 0.29) is 18.4 Å². The number of piperazine rings is 1. The van der Waals surface area contributed by atoms with Gasteiger partial charge in [-0.15, -0.1) is 0 Å². The Hall–Kier alpha value is -1.88. The lowest BCUT2D eigenvalue weighted by Crippen LogP contribution is -2.54. The van der Waals surface area contributed by atoms with Gasteiger partial charge in [0.25, 0.3) is 0 Å². The van der Waals surface area contributed by atoms with Crippen molar-refractivity contribution in [3.63, 3.8) is 0 Å². The van der Waals surface area contributed by atoms with Gasteiger partial charge < -0.3 is 15.0 Å². The molecule has 5 heteroatoms. The lowest BCUT2D eigenvalue weighted by atomic mass is 10.0. The number of ether oxygens (including phenoxy) is 1. The Kier molecular flexibility index (Phi) is 5.12. The number of carbonyl (C=O) groups is 2. The maximum Gasteiger partial charge on any atom is 0.247 e. The summed E-state index contributed by atoms with van der Waals surface area (Å²) in [5.41, 5.74) is 0.827. The van der Waals surface area contributed by atoms with Gasteiger partial charge >= 0.3 is 0 Å². The molecule has 1 aliphatic rings. The van der Waals surface area contributed by atoms with Crippen molar-refractivity contribution in [2.45, 2.75) is 19.4 Å². The molecule has 2 rings (SSSR count). The summed E-state index contributed by atoms with van der Waals surface area (Å²) in [6, 6.07) is 8.80. The van der Waals surface area contributed by atoms with Crippen LogP contribution in [0, 0.1) is 0 Å². The number of rotatable bonds is 6. The minimum absolute atomic E-state index is 0.0654. The molecule has 1 N–H and O–H groups in total. The third-order valence-corrected chi connectivity index (χ3v) is 3.23. The second-order valence-corrected chi connectivity index (χ2v) is 4.73. The van der Waals surface area contributed by atoms with Crippen LogP contribution in [0.15, 0.2) is 30.3 Å². The van der Waals surface area contributed by atoms with E-state index in [4.69, 9.17) is 4.74 Å². The third kappa shape index (κ3) is 3.36. The van der Waals surface area contributed by atoms with Crippen LogP contribution in [0.25, 0.3) is 0 Å². The molecule has 1 aliphatic heterocycles. The van der Waals surface area contributed by atoms with Crippen molar-refractivity contribution in [2.24, 2.45) is 0 Å². The Morgan fingerprint density at radius 1 is 1.25 bits per heavy atom. The zero-order valence-corrected chi connectivity index (χ0v) is 11.7. The van der Waals surface area contributed by atoms with E-state index in [1.54, 1.807) is 4.90 Å². The van der Waals surface area contributed by atoms with Gasteiger partial charge in [-0.2, -0.15) is 0 Å². The highest BCUT2D eigenvalue weighted by Crippen LogP contribution is 2.23. The first-order chi connectivity index (χ1) is 9.74. The van der Waals surface area contributed by atoms with Crippen molar-refractivity contribution in [3.05, 3.63) is 35.9 Å². The van der Waals surface area contributed by atoms with Gasteiger partial charge in [-0.25, -0.2) is 0 Å². The summed E-state index contributed by atoms with van der Waals surface area (Å²) in [4.78, 5) is 25.7. The molecule has 1 fully saturated rings. The molecular formula is C15H20N2O3. The highest BCUT2D eigenvalue weighted by Gasteiger charge is 2.35. The van der Waals surface area contributed by atoms with Crippen molar-refractivity contribution in [1.82, 2.24) is 10.2 Å². The summed E-state index contributed by atoms with van der Waals surface area (Å²) >= 11 is 0. The minimum atomic E-state index is -0.553. The van der Waals surface area contributed by atoms with E-state index in [1.807, 2.05) is 37.3 Å². The quantitative estimate of drug-likeness (QED) is 0.792. The van der Waals surface area contributed by atoms with Crippen molar-refractivity contribution in [1.29, 1.82) is 0 Å². The molecule has 1 saturated heterocycles. The molecule has 1 aromatic carbocycles. The second kappa shape index (κ2) is 7.05. The molecule has 2 amide bonds. The Balaban J connectivity index is 2.11. The Morgan fingerprint density at radius 3 is 2.70 bits per heavy atom. The SMILES string of the molecule is CCCOCCN1C(=O)CNC(=O)C1c1ccccc1. The predicted octanol–water partition coefficient (Wildman–Crippen LogP) is 1.11. The first-order valence-corrected chi connectivity index (χ1v) is 6.94. The van der Waals surface area contributed by atoms with Crippen LogP contribution in [0.5, 0.6) is 0 Å². The zero-order valence-electron chi connectivity index (χ0n) is 11.7. The van der Waals surface area contributed by atoms with Crippen molar-refractivity contribution >= 4 is 11.8 Å². The smallest absolute Gasteiger partial charge is 0.247 e. The summed E-state index contributed by atoms with van der Waals surface area (Å²) in [6.45, 7) is 3.66. The third-order valence-electron chi connectivity index (χ3n) is 3.23. The Bertz CT molecular complexity index is 461. The van der Waals surface area contributed by atoms with Gasteiger partial charge in [0, 0.05) is 13.2 Å². The molecule has 1 aromatic rings. The van der Waals surface area contributed by atoms with Crippen LogP contribution in [-0.2, 0) is 14.3 Å². The standard InChI is InChI=1S/C15H20N2O3/c1-2-9-20-10-8-17-13(18)11-16-15(19)14(17)12-6-4-3-5-7-12/h3-7,14H,2,8-11H2,1H3,(H,16,19). The molecule has 5 nitrogen and oxygen atoms in total. The molecule has 0 radical (unpaired) electrons. The van der Waals surface area contributed by atoms with Gasteiger partial charge in [0.2, 0.25) is 11.8 Å². The molecule has 1 heterocycles. The lowest BCUT2D eigenvalue weighted by Gasteiger charge is -2.35. The molecule has 1 unspecified atom stereocenters. The largest absolute Gasteiger partial charge is 0.380 e. The van der Waals surface area contributed by atoms with Gasteiger partial charge in [0.05, 0.1) is 13.2 Å². The fourth-order valence-electron chi connectivity index (χ4n) is 2.28. The zero-order chi connectivity index (χ0) is 14.4. The molecule has 0 aliphatic carbocycles. The van der Waals surface area contributed by atoms with E-state index in [1.165, 1.54) is 0 Å². The van der Waals surface area contributed by atoms with Crippen LogP contribution in [-0.4, -0.2) is 43.0 Å². The van der Waals surface area contributed by atoms with Gasteiger partial charge in [-0.1, -0.05) is 37.3 Å². The van der Waals surface area contributed by atoms with E-state index < -0.39 is 6.04 Å². The maximum absolute atomic E-state index is 12.1. The van der Waals surface area contributed by atoms with E-state index in [2.05, 4.69) is 5.32 Å². The molecule has 0 aromatic heterocycles. The van der Waals surface area contributed by atoms with Crippen LogP contribution in [0.3, 0.4) is 0 Å². The van der Waals surface area contributed by atoms with Crippen molar-refractivity contribution < 1.29 is 14.3 Å². The van der Waals surface area contributed by atoms with Crippen LogP contribution >= 0.6 is 0 Å². The van der Waals surface area contributed by atoms with Crippen LogP contribution < -0.4 is 5.32 Å². The van der Waals surface area contributed by atoms with Crippen LogP contribution in [0.4, 0.5) is 0 Å². The van der Waals surface area contributed by atoms with Gasteiger partial charge in [-0.05, 0) is 12.0 Å². The maximum atomic E-state index is 12.1. The molecule has 1 atom stereocenters. The number of hydrogen-bond donors (Lipinski definition) is 1. The Morgan fingerprint density at radius 2 is 2.00 bits per heavy atom. The predicted molar refractivity (Wildman–Crippen MR) is 75.0 cm³/mol. The van der Waals surface area contributed by atoms with Gasteiger partial charge in [0.1, 0.15) is 6.04 Å². The highest BCUT2D eigenvalue weighted by molar-refractivity contribution is 5.95. The molecule has 0 spiro atoms. The number of carbonyl (C=O) groups excluding carboxylic acids is 2. The van der Waals surface area contributed by atoms with Crippen molar-refractivity contribution in [2.75, 3.05) is 26.3 Å². The molecule has 0 saturated carbocycles. The summed E-state index contributed by atoms with van der Waals surface area (Å²) in [7, 11) is 0. The van der Waals surface area contributed by atoms with Gasteiger partial charge in [-0.3, -0.25) is 9.59 Å². The van der Waals surface area contributed by atoms with E-state index in [0.717, 1.165) is 12.0 Å². The van der Waals surface area contributed by atoms with Crippen molar-refractivity contribution in [3.8, 4) is 0 Å². The minimum Gasteiger partial charge on any atom is -0.380 e. The van der Waals surface area contributed by atoms with E-state index in [0.29, 0.717) is 19.8 Å². The first kappa shape index (κ1) is 14.5. The topological polar surface area (TPSA) is 58.6 Å². The monoisotopic (exact) mass is 276 g/mol. The van der Waals surface area contributed by atoms with E-state index in [9.17, 15) is 9.59 Å². The van der Waals surface area contributed by atoms with Crippen LogP contribution in [0.2, 0.25) is 0 Å². The average molecular weight is 276 g/mol. The normalized spacial score (nSPS) is 19.1. The Labute approximate surface area is 118 Å². The fraction of sp³-hybridized carbons (Fsp3) is 0.467. The molecule has 20 heavy (non-hydrogen) atoms. The summed E-state index contributed by atoms with van der Waals surface area (Å²) in [5, 5.41) is 2.64. The molecule has 108 valence electrons. The number of amides is 2. The second-order valence-electron chi connectivity index (χ2n) is 4.73. The van der Waals surface area contributed by atoms with E-state index >= 15 is 0 Å².